The molecule has 0 atom stereocenters. The Morgan fingerprint density at radius 1 is 0.643 bits per heavy atom. The predicted octanol–water partition coefficient (Wildman–Crippen LogP) is 5.87. The van der Waals surface area contributed by atoms with E-state index in [-0.39, 0.29) is 0 Å². The van der Waals surface area contributed by atoms with E-state index in [2.05, 4.69) is 87.7 Å². The van der Waals surface area contributed by atoms with Crippen molar-refractivity contribution in [1.82, 2.24) is 14.4 Å². The van der Waals surface area contributed by atoms with Crippen LogP contribution in [0.1, 0.15) is 0 Å². The molecule has 0 fully saturated rings. The maximum atomic E-state index is 4.61. The Labute approximate surface area is 163 Å². The van der Waals surface area contributed by atoms with E-state index in [1.54, 1.807) is 6.20 Å². The molecule has 3 aromatic carbocycles. The van der Waals surface area contributed by atoms with Crippen molar-refractivity contribution in [3.8, 4) is 11.3 Å². The van der Waals surface area contributed by atoms with Crippen molar-refractivity contribution in [3.63, 3.8) is 0 Å². The van der Waals surface area contributed by atoms with Crippen molar-refractivity contribution < 1.29 is 0 Å². The fourth-order valence-electron chi connectivity index (χ4n) is 3.35. The molecule has 0 aliphatic rings. The molecule has 0 unspecified atom stereocenters. The van der Waals surface area contributed by atoms with Crippen molar-refractivity contribution in [2.75, 3.05) is 4.90 Å². The van der Waals surface area contributed by atoms with Gasteiger partial charge in [-0.1, -0.05) is 48.5 Å². The van der Waals surface area contributed by atoms with E-state index < -0.39 is 0 Å². The largest absolute Gasteiger partial charge is 0.311 e. The van der Waals surface area contributed by atoms with Gasteiger partial charge >= 0.3 is 0 Å². The lowest BCUT2D eigenvalue weighted by molar-refractivity contribution is 1.11. The quantitative estimate of drug-likeness (QED) is 0.401. The van der Waals surface area contributed by atoms with E-state index in [4.69, 9.17) is 0 Å². The number of hydrogen-bond donors (Lipinski definition) is 0. The molecule has 0 amide bonds. The Morgan fingerprint density at radius 2 is 1.25 bits per heavy atom. The van der Waals surface area contributed by atoms with Crippen LogP contribution in [0.4, 0.5) is 17.1 Å². The van der Waals surface area contributed by atoms with E-state index in [0.717, 1.165) is 28.3 Å². The SMILES string of the molecule is c1ccc(N(c2ccccc2)c2ccc(-c3cn4cccnc4n3)cc2)cc1. The van der Waals surface area contributed by atoms with Gasteiger partial charge in [-0.15, -0.1) is 0 Å². The monoisotopic (exact) mass is 362 g/mol. The number of rotatable bonds is 4. The smallest absolute Gasteiger partial charge is 0.234 e. The van der Waals surface area contributed by atoms with Crippen molar-refractivity contribution in [1.29, 1.82) is 0 Å². The first-order valence-electron chi connectivity index (χ1n) is 9.19. The average molecular weight is 362 g/mol. The molecule has 0 spiro atoms. The van der Waals surface area contributed by atoms with Crippen LogP contribution in [0.25, 0.3) is 17.0 Å². The van der Waals surface area contributed by atoms with Gasteiger partial charge in [-0.25, -0.2) is 9.97 Å². The molecule has 0 bridgehead atoms. The third-order valence-corrected chi connectivity index (χ3v) is 4.69. The van der Waals surface area contributed by atoms with Gasteiger partial charge in [-0.2, -0.15) is 0 Å². The van der Waals surface area contributed by atoms with E-state index >= 15 is 0 Å². The van der Waals surface area contributed by atoms with Crippen molar-refractivity contribution in [3.05, 3.63) is 110 Å². The zero-order valence-electron chi connectivity index (χ0n) is 15.2. The Balaban J connectivity index is 1.55. The highest BCUT2D eigenvalue weighted by Gasteiger charge is 2.12. The second kappa shape index (κ2) is 7.00. The van der Waals surface area contributed by atoms with Gasteiger partial charge < -0.3 is 4.90 Å². The number of fused-ring (bicyclic) bond motifs is 1. The van der Waals surface area contributed by atoms with E-state index in [0.29, 0.717) is 5.78 Å². The lowest BCUT2D eigenvalue weighted by Crippen LogP contribution is -2.09. The lowest BCUT2D eigenvalue weighted by atomic mass is 10.1. The molecule has 4 nitrogen and oxygen atoms in total. The minimum Gasteiger partial charge on any atom is -0.311 e. The number of aromatic nitrogens is 3. The minimum absolute atomic E-state index is 0.705. The van der Waals surface area contributed by atoms with Gasteiger partial charge in [-0.05, 0) is 42.5 Å². The summed E-state index contributed by atoms with van der Waals surface area (Å²) in [6.45, 7) is 0. The highest BCUT2D eigenvalue weighted by Crippen LogP contribution is 2.35. The summed E-state index contributed by atoms with van der Waals surface area (Å²) < 4.78 is 1.93. The molecule has 0 aliphatic carbocycles. The molecule has 5 rings (SSSR count). The van der Waals surface area contributed by atoms with E-state index in [1.165, 1.54) is 0 Å². The van der Waals surface area contributed by atoms with Gasteiger partial charge in [0, 0.05) is 41.2 Å². The van der Waals surface area contributed by atoms with Gasteiger partial charge in [0.1, 0.15) is 0 Å². The average Bonchev–Trinajstić information content (AvgIpc) is 3.20. The first kappa shape index (κ1) is 16.3. The maximum absolute atomic E-state index is 4.61. The Bertz CT molecular complexity index is 1120. The van der Waals surface area contributed by atoms with Crippen LogP contribution in [0.2, 0.25) is 0 Å². The Hall–Kier alpha value is -3.92. The number of hydrogen-bond acceptors (Lipinski definition) is 3. The fraction of sp³-hybridized carbons (Fsp3) is 0. The van der Waals surface area contributed by atoms with E-state index in [9.17, 15) is 0 Å². The van der Waals surface area contributed by atoms with Crippen LogP contribution in [0.3, 0.4) is 0 Å². The number of para-hydroxylation sites is 2. The molecular weight excluding hydrogens is 344 g/mol. The summed E-state index contributed by atoms with van der Waals surface area (Å²) in [5, 5.41) is 0. The molecule has 2 heterocycles. The predicted molar refractivity (Wildman–Crippen MR) is 113 cm³/mol. The van der Waals surface area contributed by atoms with Crippen LogP contribution in [0, 0.1) is 0 Å². The van der Waals surface area contributed by atoms with Gasteiger partial charge in [-0.3, -0.25) is 4.40 Å². The highest BCUT2D eigenvalue weighted by atomic mass is 15.1. The summed E-state index contributed by atoms with van der Waals surface area (Å²) >= 11 is 0. The second-order valence-electron chi connectivity index (χ2n) is 6.51. The second-order valence-corrected chi connectivity index (χ2v) is 6.51. The third kappa shape index (κ3) is 3.01. The summed E-state index contributed by atoms with van der Waals surface area (Å²) in [5.41, 5.74) is 5.33. The summed E-state index contributed by atoms with van der Waals surface area (Å²) in [7, 11) is 0. The van der Waals surface area contributed by atoms with Crippen LogP contribution >= 0.6 is 0 Å². The summed E-state index contributed by atoms with van der Waals surface area (Å²) in [6, 6.07) is 31.2. The maximum Gasteiger partial charge on any atom is 0.234 e. The Kier molecular flexibility index (Phi) is 4.07. The normalized spacial score (nSPS) is 10.9. The Morgan fingerprint density at radius 3 is 1.86 bits per heavy atom. The number of anilines is 3. The molecule has 0 aliphatic heterocycles. The van der Waals surface area contributed by atoms with Crippen molar-refractivity contribution in [2.45, 2.75) is 0 Å². The first-order valence-corrected chi connectivity index (χ1v) is 9.19. The molecule has 0 saturated carbocycles. The fourth-order valence-corrected chi connectivity index (χ4v) is 3.35. The number of imidazole rings is 1. The molecule has 0 radical (unpaired) electrons. The number of nitrogens with zero attached hydrogens (tertiary/aromatic N) is 4. The summed E-state index contributed by atoms with van der Waals surface area (Å²) in [4.78, 5) is 11.2. The molecule has 2 aromatic heterocycles. The van der Waals surface area contributed by atoms with Gasteiger partial charge in [0.05, 0.1) is 5.69 Å². The number of benzene rings is 3. The molecule has 4 heteroatoms. The van der Waals surface area contributed by atoms with Crippen molar-refractivity contribution in [2.24, 2.45) is 0 Å². The summed E-state index contributed by atoms with van der Waals surface area (Å²) in [5.74, 6) is 0.705. The van der Waals surface area contributed by atoms with E-state index in [1.807, 2.05) is 35.0 Å². The van der Waals surface area contributed by atoms with Crippen LogP contribution < -0.4 is 4.90 Å². The van der Waals surface area contributed by atoms with Crippen LogP contribution in [-0.2, 0) is 0 Å². The topological polar surface area (TPSA) is 33.4 Å². The zero-order valence-corrected chi connectivity index (χ0v) is 15.2. The van der Waals surface area contributed by atoms with Crippen LogP contribution in [0.15, 0.2) is 110 Å². The molecule has 28 heavy (non-hydrogen) atoms. The molecule has 0 N–H and O–H groups in total. The molecule has 5 aromatic rings. The van der Waals surface area contributed by atoms with Crippen LogP contribution in [0.5, 0.6) is 0 Å². The molecule has 134 valence electrons. The first-order chi connectivity index (χ1) is 13.9. The molecular formula is C24H18N4. The standard InChI is InChI=1S/C24H18N4/c1-3-8-20(9-4-1)28(21-10-5-2-6-11-21)22-14-12-19(13-15-22)23-18-27-17-7-16-25-24(27)26-23/h1-18H. The van der Waals surface area contributed by atoms with Gasteiger partial charge in [0.2, 0.25) is 5.78 Å². The van der Waals surface area contributed by atoms with Crippen LogP contribution in [-0.4, -0.2) is 14.4 Å². The highest BCUT2D eigenvalue weighted by molar-refractivity contribution is 5.77. The van der Waals surface area contributed by atoms with Gasteiger partial charge in [0.15, 0.2) is 0 Å². The van der Waals surface area contributed by atoms with Gasteiger partial charge in [0.25, 0.3) is 0 Å². The summed E-state index contributed by atoms with van der Waals surface area (Å²) in [6.07, 6.45) is 5.72. The van der Waals surface area contributed by atoms with Crippen molar-refractivity contribution >= 4 is 22.8 Å². The lowest BCUT2D eigenvalue weighted by Gasteiger charge is -2.25. The third-order valence-electron chi connectivity index (χ3n) is 4.69. The molecule has 0 saturated heterocycles. The minimum atomic E-state index is 0.705. The zero-order chi connectivity index (χ0) is 18.8.